The number of benzene rings is 4. The van der Waals surface area contributed by atoms with Crippen molar-refractivity contribution in [2.24, 2.45) is 0 Å². The van der Waals surface area contributed by atoms with Gasteiger partial charge in [0.25, 0.3) is 5.56 Å². The summed E-state index contributed by atoms with van der Waals surface area (Å²) >= 11 is 0. The van der Waals surface area contributed by atoms with Crippen LogP contribution in [0.15, 0.2) is 119 Å². The molecule has 1 aliphatic heterocycles. The number of likely N-dealkylation sites (tertiary alicyclic amines) is 1. The molecule has 0 aliphatic carbocycles. The highest BCUT2D eigenvalue weighted by atomic mass is 16.5. The number of aromatic nitrogens is 2. The van der Waals surface area contributed by atoms with Crippen LogP contribution in [-0.2, 0) is 16.0 Å². The van der Waals surface area contributed by atoms with Crippen LogP contribution in [0.3, 0.4) is 0 Å². The fourth-order valence-electron chi connectivity index (χ4n) is 6.47. The largest absolute Gasteiger partial charge is 0.462 e. The van der Waals surface area contributed by atoms with Crippen molar-refractivity contribution in [1.29, 1.82) is 0 Å². The average molecular weight is 632 g/mol. The van der Waals surface area contributed by atoms with E-state index in [0.717, 1.165) is 49.9 Å². The summed E-state index contributed by atoms with van der Waals surface area (Å²) in [6.45, 7) is 5.20. The van der Waals surface area contributed by atoms with Crippen LogP contribution in [0.4, 0.5) is 0 Å². The minimum atomic E-state index is -0.570. The van der Waals surface area contributed by atoms with Crippen LogP contribution in [0, 0.1) is 0 Å². The number of carbonyl (C=O) groups excluding carboxylic acids is 1. The molecule has 1 aliphatic rings. The van der Waals surface area contributed by atoms with Gasteiger partial charge in [0.1, 0.15) is 6.10 Å². The number of esters is 1. The number of para-hydroxylation sites is 2. The second kappa shape index (κ2) is 15.2. The Morgan fingerprint density at radius 3 is 2.04 bits per heavy atom. The Balaban J connectivity index is 1.11. The summed E-state index contributed by atoms with van der Waals surface area (Å²) in [6, 6.07) is 34.6. The van der Waals surface area contributed by atoms with Gasteiger partial charge in [-0.15, -0.1) is 0 Å². The molecule has 8 heteroatoms. The lowest BCUT2D eigenvalue weighted by Gasteiger charge is -2.34. The van der Waals surface area contributed by atoms with E-state index in [0.29, 0.717) is 17.4 Å². The third-order valence-corrected chi connectivity index (χ3v) is 8.86. The minimum Gasteiger partial charge on any atom is -0.462 e. The van der Waals surface area contributed by atoms with Crippen molar-refractivity contribution in [2.45, 2.75) is 51.4 Å². The molecule has 0 atom stereocenters. The van der Waals surface area contributed by atoms with Crippen molar-refractivity contribution in [3.8, 4) is 5.69 Å². The molecule has 6 rings (SSSR count). The molecule has 0 unspecified atom stereocenters. The van der Waals surface area contributed by atoms with Gasteiger partial charge in [0.2, 0.25) is 0 Å². The van der Waals surface area contributed by atoms with Crippen LogP contribution in [0.2, 0.25) is 0 Å². The van der Waals surface area contributed by atoms with Crippen molar-refractivity contribution in [3.63, 3.8) is 0 Å². The van der Waals surface area contributed by atoms with Gasteiger partial charge in [-0.25, -0.2) is 14.2 Å². The van der Waals surface area contributed by atoms with Crippen molar-refractivity contribution >= 4 is 16.9 Å². The zero-order valence-corrected chi connectivity index (χ0v) is 26.8. The molecule has 0 amide bonds. The molecule has 47 heavy (non-hydrogen) atoms. The van der Waals surface area contributed by atoms with E-state index in [1.54, 1.807) is 47.9 Å². The molecule has 0 bridgehead atoms. The van der Waals surface area contributed by atoms with Gasteiger partial charge < -0.3 is 14.4 Å². The standard InChI is InChI=1S/C39H41N3O5/c1-2-46-38(44)33-20-10-12-22-35(33)42-37(43)32-19-9-11-21-34(32)41(39(42)45)26-14-13-25-40-27-23-31(24-28-40)47-36(29-15-5-3-6-16-29)30-17-7-4-8-18-30/h3-12,15-22,31,36H,2,13-14,23-28H2,1H3. The van der Waals surface area contributed by atoms with E-state index in [-0.39, 0.29) is 30.1 Å². The number of unbranched alkanes of at least 4 members (excludes halogenated alkanes) is 1. The number of piperidine rings is 1. The van der Waals surface area contributed by atoms with Crippen LogP contribution in [0.1, 0.15) is 60.2 Å². The smallest absolute Gasteiger partial charge is 0.340 e. The Hall–Kier alpha value is -4.79. The molecule has 0 radical (unpaired) electrons. The molecular formula is C39H41N3O5. The highest BCUT2D eigenvalue weighted by molar-refractivity contribution is 5.93. The molecular weight excluding hydrogens is 590 g/mol. The van der Waals surface area contributed by atoms with Crippen LogP contribution < -0.4 is 11.2 Å². The van der Waals surface area contributed by atoms with Gasteiger partial charge in [0, 0.05) is 19.6 Å². The summed E-state index contributed by atoms with van der Waals surface area (Å²) in [5.41, 5.74) is 2.42. The Morgan fingerprint density at radius 1 is 0.766 bits per heavy atom. The van der Waals surface area contributed by atoms with Crippen LogP contribution in [0.25, 0.3) is 16.6 Å². The molecule has 0 N–H and O–H groups in total. The molecule has 1 fully saturated rings. The number of ether oxygens (including phenoxy) is 2. The summed E-state index contributed by atoms with van der Waals surface area (Å²) < 4.78 is 14.7. The lowest BCUT2D eigenvalue weighted by Crippen LogP contribution is -2.40. The van der Waals surface area contributed by atoms with Crippen molar-refractivity contribution in [3.05, 3.63) is 147 Å². The zero-order chi connectivity index (χ0) is 32.6. The van der Waals surface area contributed by atoms with E-state index in [1.807, 2.05) is 24.3 Å². The Morgan fingerprint density at radius 2 is 1.36 bits per heavy atom. The number of rotatable bonds is 12. The van der Waals surface area contributed by atoms with Crippen LogP contribution >= 0.6 is 0 Å². The Kier molecular flexibility index (Phi) is 10.4. The summed E-state index contributed by atoms with van der Waals surface area (Å²) in [7, 11) is 0. The molecule has 4 aromatic carbocycles. The monoisotopic (exact) mass is 631 g/mol. The average Bonchev–Trinajstić information content (AvgIpc) is 3.12. The number of fused-ring (bicyclic) bond motifs is 1. The predicted octanol–water partition coefficient (Wildman–Crippen LogP) is 6.38. The number of nitrogens with zero attached hydrogens (tertiary/aromatic N) is 3. The van der Waals surface area contributed by atoms with Crippen molar-refractivity contribution in [2.75, 3.05) is 26.2 Å². The minimum absolute atomic E-state index is 0.0883. The number of aryl methyl sites for hydroxylation is 1. The quantitative estimate of drug-likeness (QED) is 0.117. The van der Waals surface area contributed by atoms with Crippen molar-refractivity contribution < 1.29 is 14.3 Å². The molecule has 2 heterocycles. The summed E-state index contributed by atoms with van der Waals surface area (Å²) in [5.74, 6) is -0.570. The lowest BCUT2D eigenvalue weighted by molar-refractivity contribution is -0.0271. The summed E-state index contributed by atoms with van der Waals surface area (Å²) in [6.07, 6.45) is 3.69. The van der Waals surface area contributed by atoms with Gasteiger partial charge in [-0.1, -0.05) is 84.9 Å². The molecule has 1 saturated heterocycles. The number of hydrogen-bond acceptors (Lipinski definition) is 6. The second-order valence-electron chi connectivity index (χ2n) is 11.9. The van der Waals surface area contributed by atoms with Gasteiger partial charge in [-0.05, 0) is 74.5 Å². The normalized spacial score (nSPS) is 14.1. The summed E-state index contributed by atoms with van der Waals surface area (Å²) in [4.78, 5) is 42.7. The first-order chi connectivity index (χ1) is 23.0. The third kappa shape index (κ3) is 7.29. The maximum atomic E-state index is 13.9. The fourth-order valence-corrected chi connectivity index (χ4v) is 6.47. The zero-order valence-electron chi connectivity index (χ0n) is 26.8. The summed E-state index contributed by atoms with van der Waals surface area (Å²) in [5, 5.41) is 0.428. The molecule has 5 aromatic rings. The van der Waals surface area contributed by atoms with E-state index in [1.165, 1.54) is 11.1 Å². The van der Waals surface area contributed by atoms with Crippen LogP contribution in [0.5, 0.6) is 0 Å². The van der Waals surface area contributed by atoms with Crippen LogP contribution in [-0.4, -0.2) is 52.3 Å². The van der Waals surface area contributed by atoms with E-state index in [2.05, 4.69) is 53.4 Å². The SMILES string of the molecule is CCOC(=O)c1ccccc1-n1c(=O)c2ccccc2n(CCCCN2CCC(OC(c3ccccc3)c3ccccc3)CC2)c1=O. The van der Waals surface area contributed by atoms with E-state index in [9.17, 15) is 14.4 Å². The first-order valence-electron chi connectivity index (χ1n) is 16.5. The molecule has 0 saturated carbocycles. The van der Waals surface area contributed by atoms with E-state index >= 15 is 0 Å². The third-order valence-electron chi connectivity index (χ3n) is 8.86. The Bertz CT molecular complexity index is 1870. The highest BCUT2D eigenvalue weighted by Crippen LogP contribution is 2.30. The van der Waals surface area contributed by atoms with Gasteiger partial charge in [-0.3, -0.25) is 9.36 Å². The number of carbonyl (C=O) groups is 1. The lowest BCUT2D eigenvalue weighted by atomic mass is 10.00. The first-order valence-corrected chi connectivity index (χ1v) is 16.5. The van der Waals surface area contributed by atoms with Gasteiger partial charge in [0.15, 0.2) is 0 Å². The van der Waals surface area contributed by atoms with Gasteiger partial charge in [-0.2, -0.15) is 0 Å². The molecule has 242 valence electrons. The maximum absolute atomic E-state index is 13.9. The topological polar surface area (TPSA) is 82.8 Å². The molecule has 8 nitrogen and oxygen atoms in total. The van der Waals surface area contributed by atoms with Gasteiger partial charge >= 0.3 is 11.7 Å². The van der Waals surface area contributed by atoms with E-state index in [4.69, 9.17) is 9.47 Å². The molecule has 1 aromatic heterocycles. The van der Waals surface area contributed by atoms with E-state index < -0.39 is 17.2 Å². The highest BCUT2D eigenvalue weighted by Gasteiger charge is 2.25. The maximum Gasteiger partial charge on any atom is 0.340 e. The fraction of sp³-hybridized carbons (Fsp3) is 0.308. The Labute approximate surface area is 274 Å². The van der Waals surface area contributed by atoms with Crippen molar-refractivity contribution in [1.82, 2.24) is 14.0 Å². The number of hydrogen-bond donors (Lipinski definition) is 0. The molecule has 0 spiro atoms. The second-order valence-corrected chi connectivity index (χ2v) is 11.9. The predicted molar refractivity (Wildman–Crippen MR) is 184 cm³/mol. The first kappa shape index (κ1) is 32.2. The van der Waals surface area contributed by atoms with Gasteiger partial charge in [0.05, 0.1) is 34.9 Å².